The van der Waals surface area contributed by atoms with Crippen LogP contribution in [-0.4, -0.2) is 26.8 Å². The number of benzene rings is 2. The van der Waals surface area contributed by atoms with Crippen LogP contribution >= 0.6 is 0 Å². The van der Waals surface area contributed by atoms with E-state index in [1.807, 2.05) is 0 Å². The van der Waals surface area contributed by atoms with E-state index in [1.54, 1.807) is 0 Å². The van der Waals surface area contributed by atoms with Gasteiger partial charge in [0, 0.05) is 0 Å². The first kappa shape index (κ1) is 13.6. The number of unbranched alkanes of at least 4 members (excludes halogenated alkanes) is 1. The van der Waals surface area contributed by atoms with Crippen LogP contribution in [0.5, 0.6) is 0 Å². The molecule has 2 heteroatoms. The van der Waals surface area contributed by atoms with Gasteiger partial charge in [-0.3, -0.25) is 0 Å². The van der Waals surface area contributed by atoms with Crippen molar-refractivity contribution in [3.63, 3.8) is 0 Å². The standard InChI is InChI=1S/2C6H5.C4H9O.Sn/c2*1-2-4-6-5-3-1;1-2-3-4-5;/h2*1-5H;2-4H2,1H3;/q;;-1;+1. The normalized spacial score (nSPS) is 10.8. The summed E-state index contributed by atoms with van der Waals surface area (Å²) in [6.07, 6.45) is 2.35. The number of rotatable bonds is 6. The second-order valence-corrected chi connectivity index (χ2v) is 10.3. The average Bonchev–Trinajstić information content (AvgIpc) is 2.46. The number of hydrogen-bond acceptors (Lipinski definition) is 1. The Kier molecular flexibility index (Phi) is 5.75. The first-order chi connectivity index (χ1) is 8.92. The Labute approximate surface area is 117 Å². The zero-order chi connectivity index (χ0) is 12.6. The molecule has 0 N–H and O–H groups in total. The summed E-state index contributed by atoms with van der Waals surface area (Å²) in [4.78, 5) is 0. The quantitative estimate of drug-likeness (QED) is 0.577. The molecule has 0 spiro atoms. The first-order valence-corrected chi connectivity index (χ1v) is 10.5. The third kappa shape index (κ3) is 3.85. The van der Waals surface area contributed by atoms with Crippen LogP contribution in [-0.2, 0) is 3.07 Å². The molecule has 2 rings (SSSR count). The van der Waals surface area contributed by atoms with E-state index in [0.717, 1.165) is 13.0 Å². The van der Waals surface area contributed by atoms with Gasteiger partial charge in [0.2, 0.25) is 0 Å². The molecule has 18 heavy (non-hydrogen) atoms. The Morgan fingerprint density at radius 3 is 1.78 bits per heavy atom. The van der Waals surface area contributed by atoms with Crippen LogP contribution in [0.1, 0.15) is 19.8 Å². The van der Waals surface area contributed by atoms with Crippen LogP contribution in [0.15, 0.2) is 60.7 Å². The summed E-state index contributed by atoms with van der Waals surface area (Å²) in [5.41, 5.74) is 0. The molecular weight excluding hydrogens is 327 g/mol. The summed E-state index contributed by atoms with van der Waals surface area (Å²) < 4.78 is 9.09. The van der Waals surface area contributed by atoms with Crippen molar-refractivity contribution in [1.82, 2.24) is 0 Å². The van der Waals surface area contributed by atoms with Crippen LogP contribution in [0.4, 0.5) is 0 Å². The Balaban J connectivity index is 2.18. The predicted molar refractivity (Wildman–Crippen MR) is 78.8 cm³/mol. The van der Waals surface area contributed by atoms with Crippen LogP contribution in [0.25, 0.3) is 0 Å². The molecule has 0 heterocycles. The topological polar surface area (TPSA) is 9.23 Å². The minimum atomic E-state index is -2.12. The van der Waals surface area contributed by atoms with E-state index >= 15 is 0 Å². The van der Waals surface area contributed by atoms with Crippen molar-refractivity contribution >= 4 is 27.3 Å². The van der Waals surface area contributed by atoms with Crippen LogP contribution in [0.2, 0.25) is 0 Å². The molecule has 0 saturated carbocycles. The van der Waals surface area contributed by atoms with Crippen molar-refractivity contribution in [1.29, 1.82) is 0 Å². The van der Waals surface area contributed by atoms with E-state index in [0.29, 0.717) is 0 Å². The van der Waals surface area contributed by atoms with Crippen molar-refractivity contribution in [2.24, 2.45) is 0 Å². The molecule has 0 aliphatic heterocycles. The average molecular weight is 346 g/mol. The van der Waals surface area contributed by atoms with Crippen LogP contribution in [0, 0.1) is 0 Å². The van der Waals surface area contributed by atoms with Crippen molar-refractivity contribution in [3.05, 3.63) is 60.7 Å². The predicted octanol–water partition coefficient (Wildman–Crippen LogP) is 2.61. The molecule has 93 valence electrons. The maximum absolute atomic E-state index is 6.25. The molecule has 2 aromatic carbocycles. The third-order valence-corrected chi connectivity index (χ3v) is 9.12. The van der Waals surface area contributed by atoms with Gasteiger partial charge in [0.1, 0.15) is 0 Å². The maximum atomic E-state index is 6.25. The fraction of sp³-hybridized carbons (Fsp3) is 0.250. The summed E-state index contributed by atoms with van der Waals surface area (Å²) in [5, 5.41) is 0. The van der Waals surface area contributed by atoms with Gasteiger partial charge in [0.05, 0.1) is 0 Å². The summed E-state index contributed by atoms with van der Waals surface area (Å²) in [5.74, 6) is 0. The molecule has 0 bridgehead atoms. The van der Waals surface area contributed by atoms with Gasteiger partial charge in [-0.25, -0.2) is 0 Å². The fourth-order valence-electron chi connectivity index (χ4n) is 1.83. The van der Waals surface area contributed by atoms with Crippen LogP contribution < -0.4 is 7.16 Å². The van der Waals surface area contributed by atoms with Gasteiger partial charge in [-0.1, -0.05) is 0 Å². The summed E-state index contributed by atoms with van der Waals surface area (Å²) in [7, 11) is 0. The Bertz CT molecular complexity index is 402. The zero-order valence-corrected chi connectivity index (χ0v) is 13.7. The van der Waals surface area contributed by atoms with Gasteiger partial charge in [-0.15, -0.1) is 0 Å². The Hall–Kier alpha value is -0.801. The molecular formula is C16H19OSn. The summed E-state index contributed by atoms with van der Waals surface area (Å²) in [6.45, 7) is 3.10. The second kappa shape index (κ2) is 7.59. The van der Waals surface area contributed by atoms with Crippen molar-refractivity contribution in [2.45, 2.75) is 19.8 Å². The van der Waals surface area contributed by atoms with E-state index < -0.39 is 20.2 Å². The van der Waals surface area contributed by atoms with Gasteiger partial charge < -0.3 is 0 Å². The Morgan fingerprint density at radius 2 is 1.33 bits per heavy atom. The van der Waals surface area contributed by atoms with E-state index in [1.165, 1.54) is 13.6 Å². The molecule has 0 aromatic heterocycles. The summed E-state index contributed by atoms with van der Waals surface area (Å²) in [6, 6.07) is 21.5. The first-order valence-electron chi connectivity index (χ1n) is 6.52. The van der Waals surface area contributed by atoms with Crippen molar-refractivity contribution in [2.75, 3.05) is 6.61 Å². The van der Waals surface area contributed by atoms with Crippen LogP contribution in [0.3, 0.4) is 0 Å². The van der Waals surface area contributed by atoms with E-state index in [-0.39, 0.29) is 0 Å². The molecule has 1 radical (unpaired) electrons. The van der Waals surface area contributed by atoms with Gasteiger partial charge in [-0.05, 0) is 0 Å². The fourth-order valence-corrected chi connectivity index (χ4v) is 7.55. The summed E-state index contributed by atoms with van der Waals surface area (Å²) >= 11 is -2.12. The van der Waals surface area contributed by atoms with Gasteiger partial charge in [-0.2, -0.15) is 0 Å². The van der Waals surface area contributed by atoms with Crippen molar-refractivity contribution in [3.8, 4) is 0 Å². The third-order valence-electron chi connectivity index (χ3n) is 2.82. The number of hydrogen-bond donors (Lipinski definition) is 0. The van der Waals surface area contributed by atoms with E-state index in [2.05, 4.69) is 67.6 Å². The molecule has 1 nitrogen and oxygen atoms in total. The van der Waals surface area contributed by atoms with Crippen molar-refractivity contribution < 1.29 is 3.07 Å². The molecule has 0 unspecified atom stereocenters. The molecule has 0 amide bonds. The molecule has 0 aliphatic carbocycles. The SMILES string of the molecule is CCCC[O][Sn]([c]1ccccc1)[c]1ccccc1. The van der Waals surface area contributed by atoms with Gasteiger partial charge in [0.25, 0.3) is 0 Å². The Morgan fingerprint density at radius 1 is 0.833 bits per heavy atom. The molecule has 0 saturated heterocycles. The molecule has 0 fully saturated rings. The monoisotopic (exact) mass is 347 g/mol. The minimum absolute atomic E-state index is 0.898. The molecule has 0 atom stereocenters. The second-order valence-electron chi connectivity index (χ2n) is 4.26. The van der Waals surface area contributed by atoms with Gasteiger partial charge >= 0.3 is 117 Å². The van der Waals surface area contributed by atoms with Gasteiger partial charge in [0.15, 0.2) is 0 Å². The van der Waals surface area contributed by atoms with E-state index in [4.69, 9.17) is 3.07 Å². The molecule has 2 aromatic rings. The van der Waals surface area contributed by atoms with E-state index in [9.17, 15) is 0 Å². The zero-order valence-electron chi connectivity index (χ0n) is 10.8. The molecule has 0 aliphatic rings.